The number of hydrogen-bond acceptors (Lipinski definition) is 6. The van der Waals surface area contributed by atoms with Crippen molar-refractivity contribution in [1.29, 1.82) is 0 Å². The van der Waals surface area contributed by atoms with Crippen LogP contribution in [0.2, 0.25) is 0 Å². The molecular weight excluding hydrogens is 418 g/mol. The number of nitro groups is 1. The molecule has 3 aromatic rings. The molecule has 1 amide bonds. The fourth-order valence-corrected chi connectivity index (χ4v) is 2.90. The average Bonchev–Trinajstić information content (AvgIpc) is 2.64. The van der Waals surface area contributed by atoms with E-state index in [1.54, 1.807) is 12.1 Å². The predicted octanol–water partition coefficient (Wildman–Crippen LogP) is 3.69. The van der Waals surface area contributed by atoms with Gasteiger partial charge in [-0.2, -0.15) is 5.10 Å². The summed E-state index contributed by atoms with van der Waals surface area (Å²) in [6, 6.07) is 12.5. The highest BCUT2D eigenvalue weighted by atomic mass is 79.9. The standard InChI is InChI=1S/C18H12BrN3O5/c19-15-8-13(22(26)27)5-12(17(15)24)9-20-21-18(25)14-6-10-3-1-2-4-11(10)7-16(14)23/h1-9,23-24H,(H,21,25). The highest BCUT2D eigenvalue weighted by Gasteiger charge is 2.14. The van der Waals surface area contributed by atoms with Crippen LogP contribution >= 0.6 is 15.9 Å². The Morgan fingerprint density at radius 2 is 1.81 bits per heavy atom. The summed E-state index contributed by atoms with van der Waals surface area (Å²) in [5.41, 5.74) is 2.04. The van der Waals surface area contributed by atoms with Gasteiger partial charge in [-0.1, -0.05) is 24.3 Å². The molecule has 0 atom stereocenters. The molecule has 0 spiro atoms. The van der Waals surface area contributed by atoms with Crippen LogP contribution in [0.4, 0.5) is 5.69 Å². The molecule has 0 aliphatic heterocycles. The van der Waals surface area contributed by atoms with Gasteiger partial charge in [0.2, 0.25) is 0 Å². The molecule has 3 aromatic carbocycles. The Bertz CT molecular complexity index is 1100. The zero-order valence-electron chi connectivity index (χ0n) is 13.6. The van der Waals surface area contributed by atoms with Crippen molar-refractivity contribution in [2.45, 2.75) is 0 Å². The third-order valence-electron chi connectivity index (χ3n) is 3.77. The molecule has 0 aliphatic rings. The number of fused-ring (bicyclic) bond motifs is 1. The number of carbonyl (C=O) groups excluding carboxylic acids is 1. The van der Waals surface area contributed by atoms with Crippen molar-refractivity contribution in [3.05, 3.63) is 74.2 Å². The Kier molecular flexibility index (Phi) is 5.04. The number of phenols is 2. The van der Waals surface area contributed by atoms with Gasteiger partial charge >= 0.3 is 0 Å². The minimum atomic E-state index is -0.668. The van der Waals surface area contributed by atoms with E-state index in [0.29, 0.717) is 0 Å². The van der Waals surface area contributed by atoms with Gasteiger partial charge in [-0.3, -0.25) is 14.9 Å². The fourth-order valence-electron chi connectivity index (χ4n) is 2.44. The summed E-state index contributed by atoms with van der Waals surface area (Å²) in [4.78, 5) is 22.5. The lowest BCUT2D eigenvalue weighted by molar-refractivity contribution is -0.385. The van der Waals surface area contributed by atoms with Gasteiger partial charge in [0.15, 0.2) is 0 Å². The first-order chi connectivity index (χ1) is 12.9. The van der Waals surface area contributed by atoms with Gasteiger partial charge in [0.05, 0.1) is 21.2 Å². The Balaban J connectivity index is 1.84. The van der Waals surface area contributed by atoms with Crippen molar-refractivity contribution in [3.8, 4) is 11.5 Å². The number of carbonyl (C=O) groups is 1. The first kappa shape index (κ1) is 18.3. The number of hydrazone groups is 1. The predicted molar refractivity (Wildman–Crippen MR) is 103 cm³/mol. The maximum absolute atomic E-state index is 12.3. The molecule has 0 saturated carbocycles. The number of benzene rings is 3. The normalized spacial score (nSPS) is 11.0. The third kappa shape index (κ3) is 3.87. The largest absolute Gasteiger partial charge is 0.507 e. The highest BCUT2D eigenvalue weighted by molar-refractivity contribution is 9.10. The van der Waals surface area contributed by atoms with Crippen LogP contribution in [0.15, 0.2) is 58.1 Å². The fraction of sp³-hybridized carbons (Fsp3) is 0. The van der Waals surface area contributed by atoms with E-state index in [1.165, 1.54) is 12.1 Å². The van der Waals surface area contributed by atoms with Crippen molar-refractivity contribution in [2.24, 2.45) is 5.10 Å². The molecule has 27 heavy (non-hydrogen) atoms. The molecule has 3 N–H and O–H groups in total. The van der Waals surface area contributed by atoms with E-state index in [1.807, 2.05) is 12.1 Å². The lowest BCUT2D eigenvalue weighted by Crippen LogP contribution is -2.17. The SMILES string of the molecule is O=C(NN=Cc1cc([N+](=O)[O-])cc(Br)c1O)c1cc2ccccc2cc1O. The van der Waals surface area contributed by atoms with Gasteiger partial charge in [0, 0.05) is 17.7 Å². The maximum atomic E-state index is 12.3. The van der Waals surface area contributed by atoms with Crippen LogP contribution in [0.1, 0.15) is 15.9 Å². The summed E-state index contributed by atoms with van der Waals surface area (Å²) in [7, 11) is 0. The van der Waals surface area contributed by atoms with Gasteiger partial charge in [0.1, 0.15) is 11.5 Å². The summed E-state index contributed by atoms with van der Waals surface area (Å²) in [6.07, 6.45) is 1.07. The van der Waals surface area contributed by atoms with Crippen LogP contribution in [0.5, 0.6) is 11.5 Å². The number of rotatable bonds is 4. The monoisotopic (exact) mass is 429 g/mol. The van der Waals surface area contributed by atoms with E-state index in [-0.39, 0.29) is 32.8 Å². The second kappa shape index (κ2) is 7.42. The first-order valence-electron chi connectivity index (χ1n) is 7.59. The minimum Gasteiger partial charge on any atom is -0.507 e. The quantitative estimate of drug-likeness (QED) is 0.331. The van der Waals surface area contributed by atoms with Gasteiger partial charge in [-0.15, -0.1) is 0 Å². The molecule has 0 unspecified atom stereocenters. The van der Waals surface area contributed by atoms with E-state index in [9.17, 15) is 25.1 Å². The number of aromatic hydroxyl groups is 2. The van der Waals surface area contributed by atoms with Gasteiger partial charge in [0.25, 0.3) is 11.6 Å². The van der Waals surface area contributed by atoms with Gasteiger partial charge in [-0.05, 0) is 38.8 Å². The van der Waals surface area contributed by atoms with Crippen molar-refractivity contribution in [1.82, 2.24) is 5.43 Å². The number of phenolic OH excluding ortho intramolecular Hbond substituents is 2. The Morgan fingerprint density at radius 1 is 1.15 bits per heavy atom. The molecule has 3 rings (SSSR count). The van der Waals surface area contributed by atoms with Crippen LogP contribution in [0.25, 0.3) is 10.8 Å². The molecule has 0 saturated heterocycles. The molecule has 136 valence electrons. The Hall–Kier alpha value is -3.46. The summed E-state index contributed by atoms with van der Waals surface area (Å²) in [5, 5.41) is 36.1. The second-order valence-corrected chi connectivity index (χ2v) is 6.39. The molecule has 0 radical (unpaired) electrons. The first-order valence-corrected chi connectivity index (χ1v) is 8.38. The van der Waals surface area contributed by atoms with Gasteiger partial charge in [-0.25, -0.2) is 5.43 Å². The summed E-state index contributed by atoms with van der Waals surface area (Å²) in [5.74, 6) is -1.13. The molecule has 0 bridgehead atoms. The van der Waals surface area contributed by atoms with Crippen LogP contribution in [-0.2, 0) is 0 Å². The van der Waals surface area contributed by atoms with E-state index in [2.05, 4.69) is 26.5 Å². The Labute approximate surface area is 161 Å². The summed E-state index contributed by atoms with van der Waals surface area (Å²) < 4.78 is 0.122. The van der Waals surface area contributed by atoms with Crippen LogP contribution in [0.3, 0.4) is 0 Å². The third-order valence-corrected chi connectivity index (χ3v) is 4.37. The number of nitrogens with zero attached hydrogens (tertiary/aromatic N) is 2. The topological polar surface area (TPSA) is 125 Å². The van der Waals surface area contributed by atoms with Crippen molar-refractivity contribution >= 4 is 44.5 Å². The van der Waals surface area contributed by atoms with Crippen LogP contribution < -0.4 is 5.43 Å². The number of halogens is 1. The number of amides is 1. The molecule has 0 heterocycles. The second-order valence-electron chi connectivity index (χ2n) is 5.54. The highest BCUT2D eigenvalue weighted by Crippen LogP contribution is 2.31. The smallest absolute Gasteiger partial charge is 0.275 e. The Morgan fingerprint density at radius 3 is 2.48 bits per heavy atom. The van der Waals surface area contributed by atoms with Crippen LogP contribution in [0, 0.1) is 10.1 Å². The lowest BCUT2D eigenvalue weighted by Gasteiger charge is -2.06. The number of nitrogens with one attached hydrogen (secondary N) is 1. The maximum Gasteiger partial charge on any atom is 0.275 e. The number of nitro benzene ring substituents is 1. The number of non-ortho nitro benzene ring substituents is 1. The minimum absolute atomic E-state index is 0.0234. The van der Waals surface area contributed by atoms with E-state index >= 15 is 0 Å². The molecule has 8 nitrogen and oxygen atoms in total. The van der Waals surface area contributed by atoms with E-state index in [0.717, 1.165) is 29.1 Å². The molecule has 0 fully saturated rings. The van der Waals surface area contributed by atoms with E-state index < -0.39 is 10.8 Å². The van der Waals surface area contributed by atoms with Gasteiger partial charge < -0.3 is 10.2 Å². The molecule has 9 heteroatoms. The van der Waals surface area contributed by atoms with Crippen molar-refractivity contribution in [2.75, 3.05) is 0 Å². The zero-order chi connectivity index (χ0) is 19.6. The van der Waals surface area contributed by atoms with Crippen molar-refractivity contribution in [3.63, 3.8) is 0 Å². The molecule has 0 aliphatic carbocycles. The zero-order valence-corrected chi connectivity index (χ0v) is 15.2. The summed E-state index contributed by atoms with van der Waals surface area (Å²) in [6.45, 7) is 0. The number of hydrogen-bond donors (Lipinski definition) is 3. The van der Waals surface area contributed by atoms with Crippen LogP contribution in [-0.4, -0.2) is 27.3 Å². The molecular formula is C18H12BrN3O5. The van der Waals surface area contributed by atoms with Crippen molar-refractivity contribution < 1.29 is 19.9 Å². The lowest BCUT2D eigenvalue weighted by atomic mass is 10.1. The molecule has 0 aromatic heterocycles. The van der Waals surface area contributed by atoms with E-state index in [4.69, 9.17) is 0 Å². The summed E-state index contributed by atoms with van der Waals surface area (Å²) >= 11 is 3.02. The average molecular weight is 430 g/mol.